The van der Waals surface area contributed by atoms with Gasteiger partial charge >= 0.3 is 12.0 Å². The molecule has 0 bridgehead atoms. The number of rotatable bonds is 6. The summed E-state index contributed by atoms with van der Waals surface area (Å²) in [5, 5.41) is 14.9. The summed E-state index contributed by atoms with van der Waals surface area (Å²) < 4.78 is 4.91. The van der Waals surface area contributed by atoms with Crippen LogP contribution < -0.4 is 15.5 Å². The third-order valence-electron chi connectivity index (χ3n) is 3.88. The highest BCUT2D eigenvalue weighted by molar-refractivity contribution is 7.19. The van der Waals surface area contributed by atoms with Crippen LogP contribution in [-0.2, 0) is 16.0 Å². The summed E-state index contributed by atoms with van der Waals surface area (Å²) in [5.41, 5.74) is 1.45. The number of benzene rings is 1. The summed E-state index contributed by atoms with van der Waals surface area (Å²) in [6.45, 7) is 4.11. The van der Waals surface area contributed by atoms with Crippen LogP contribution in [0.5, 0.6) is 0 Å². The quantitative estimate of drug-likeness (QED) is 0.754. The molecule has 1 fully saturated rings. The first kappa shape index (κ1) is 18.1. The first-order valence-corrected chi connectivity index (χ1v) is 9.36. The number of hydrogen-bond acceptors (Lipinski definition) is 7. The lowest BCUT2D eigenvalue weighted by molar-refractivity contribution is -0.142. The van der Waals surface area contributed by atoms with Crippen LogP contribution in [0.15, 0.2) is 24.3 Å². The van der Waals surface area contributed by atoms with Crippen molar-refractivity contribution in [1.82, 2.24) is 10.2 Å². The van der Waals surface area contributed by atoms with Crippen LogP contribution in [-0.4, -0.2) is 41.9 Å². The number of amides is 2. The Kier molecular flexibility index (Phi) is 6.00. The molecular weight excluding hydrogens is 354 g/mol. The molecule has 2 N–H and O–H groups in total. The third-order valence-corrected chi connectivity index (χ3v) is 4.78. The highest BCUT2D eigenvalue weighted by Crippen LogP contribution is 2.26. The van der Waals surface area contributed by atoms with Gasteiger partial charge in [0.15, 0.2) is 0 Å². The molecular formula is C17H21N5O3S. The number of anilines is 3. The fourth-order valence-electron chi connectivity index (χ4n) is 2.65. The third kappa shape index (κ3) is 4.92. The average Bonchev–Trinajstić information content (AvgIpc) is 3.28. The molecule has 8 nitrogen and oxygen atoms in total. The minimum absolute atomic E-state index is 0.213. The van der Waals surface area contributed by atoms with E-state index in [0.29, 0.717) is 17.4 Å². The van der Waals surface area contributed by atoms with Crippen LogP contribution in [0.1, 0.15) is 25.3 Å². The normalized spacial score (nSPS) is 13.5. The molecule has 2 heterocycles. The summed E-state index contributed by atoms with van der Waals surface area (Å²) in [4.78, 5) is 25.7. The van der Waals surface area contributed by atoms with Gasteiger partial charge in [0.25, 0.3) is 0 Å². The van der Waals surface area contributed by atoms with E-state index >= 15 is 0 Å². The van der Waals surface area contributed by atoms with E-state index in [1.54, 1.807) is 31.2 Å². The van der Waals surface area contributed by atoms with E-state index < -0.39 is 0 Å². The van der Waals surface area contributed by atoms with Crippen molar-refractivity contribution in [2.75, 3.05) is 35.2 Å². The Balaban J connectivity index is 1.50. The number of urea groups is 1. The highest BCUT2D eigenvalue weighted by Gasteiger charge is 2.17. The van der Waals surface area contributed by atoms with Crippen LogP contribution in [0, 0.1) is 0 Å². The van der Waals surface area contributed by atoms with Crippen molar-refractivity contribution in [2.24, 2.45) is 0 Å². The number of nitrogens with one attached hydrogen (secondary N) is 2. The number of nitrogens with zero attached hydrogens (tertiary/aromatic N) is 3. The van der Waals surface area contributed by atoms with E-state index in [-0.39, 0.29) is 18.4 Å². The zero-order chi connectivity index (χ0) is 18.4. The van der Waals surface area contributed by atoms with Crippen molar-refractivity contribution >= 4 is 39.3 Å². The molecule has 0 unspecified atom stereocenters. The van der Waals surface area contributed by atoms with Crippen molar-refractivity contribution in [2.45, 2.75) is 26.2 Å². The highest BCUT2D eigenvalue weighted by atomic mass is 32.1. The SMILES string of the molecule is CCOC(=O)Cc1ccc(NC(=O)Nc2nnc(N3CCCC3)s2)cc1. The maximum Gasteiger partial charge on any atom is 0.325 e. The van der Waals surface area contributed by atoms with Gasteiger partial charge in [-0.25, -0.2) is 4.79 Å². The predicted octanol–water partition coefficient (Wildman–Crippen LogP) is 2.89. The lowest BCUT2D eigenvalue weighted by Gasteiger charge is -2.11. The maximum atomic E-state index is 12.1. The molecule has 1 aromatic carbocycles. The summed E-state index contributed by atoms with van der Waals surface area (Å²) in [6.07, 6.45) is 2.54. The van der Waals surface area contributed by atoms with Gasteiger partial charge in [-0.3, -0.25) is 10.1 Å². The zero-order valence-electron chi connectivity index (χ0n) is 14.5. The molecule has 0 aliphatic carbocycles. The van der Waals surface area contributed by atoms with Gasteiger partial charge in [0, 0.05) is 18.8 Å². The summed E-state index contributed by atoms with van der Waals surface area (Å²) in [5.74, 6) is -0.268. The number of hydrogen-bond donors (Lipinski definition) is 2. The van der Waals surface area contributed by atoms with Crippen LogP contribution in [0.4, 0.5) is 20.7 Å². The van der Waals surface area contributed by atoms with Crippen molar-refractivity contribution in [3.05, 3.63) is 29.8 Å². The Bertz CT molecular complexity index is 756. The van der Waals surface area contributed by atoms with Gasteiger partial charge in [-0.05, 0) is 37.5 Å². The fourth-order valence-corrected chi connectivity index (χ4v) is 3.44. The van der Waals surface area contributed by atoms with Crippen LogP contribution >= 0.6 is 11.3 Å². The van der Waals surface area contributed by atoms with Gasteiger partial charge in [0.2, 0.25) is 10.3 Å². The molecule has 26 heavy (non-hydrogen) atoms. The minimum Gasteiger partial charge on any atom is -0.466 e. The lowest BCUT2D eigenvalue weighted by atomic mass is 10.1. The first-order valence-electron chi connectivity index (χ1n) is 8.55. The molecule has 1 aromatic heterocycles. The van der Waals surface area contributed by atoms with E-state index in [1.807, 2.05) is 0 Å². The molecule has 0 spiro atoms. The number of esters is 1. The molecule has 0 atom stereocenters. The van der Waals surface area contributed by atoms with Crippen LogP contribution in [0.2, 0.25) is 0 Å². The molecule has 138 valence electrons. The van der Waals surface area contributed by atoms with E-state index in [2.05, 4.69) is 25.7 Å². The van der Waals surface area contributed by atoms with Gasteiger partial charge in [-0.2, -0.15) is 0 Å². The van der Waals surface area contributed by atoms with E-state index in [9.17, 15) is 9.59 Å². The van der Waals surface area contributed by atoms with Gasteiger partial charge in [-0.1, -0.05) is 23.5 Å². The summed E-state index contributed by atoms with van der Waals surface area (Å²) >= 11 is 1.36. The minimum atomic E-state index is -0.382. The molecule has 9 heteroatoms. The fraction of sp³-hybridized carbons (Fsp3) is 0.412. The second-order valence-electron chi connectivity index (χ2n) is 5.84. The first-order chi connectivity index (χ1) is 12.6. The molecule has 1 aliphatic heterocycles. The van der Waals surface area contributed by atoms with Crippen molar-refractivity contribution in [3.8, 4) is 0 Å². The summed E-state index contributed by atoms with van der Waals surface area (Å²) in [7, 11) is 0. The standard InChI is InChI=1S/C17H21N5O3S/c1-2-25-14(23)11-12-5-7-13(8-6-12)18-15(24)19-16-20-21-17(26-16)22-9-3-4-10-22/h5-8H,2-4,9-11H2,1H3,(H2,18,19,20,24). The number of aromatic nitrogens is 2. The smallest absolute Gasteiger partial charge is 0.325 e. The molecule has 0 saturated carbocycles. The average molecular weight is 375 g/mol. The molecule has 2 amide bonds. The number of carbonyl (C=O) groups excluding carboxylic acids is 2. The molecule has 2 aromatic rings. The van der Waals surface area contributed by atoms with E-state index in [4.69, 9.17) is 4.74 Å². The van der Waals surface area contributed by atoms with Crippen LogP contribution in [0.3, 0.4) is 0 Å². The monoisotopic (exact) mass is 375 g/mol. The van der Waals surface area contributed by atoms with Gasteiger partial charge in [-0.15, -0.1) is 10.2 Å². The summed E-state index contributed by atoms with van der Waals surface area (Å²) in [6, 6.07) is 6.66. The lowest BCUT2D eigenvalue weighted by Crippen LogP contribution is -2.19. The molecule has 0 radical (unpaired) electrons. The molecule has 3 rings (SSSR count). The number of carbonyl (C=O) groups is 2. The van der Waals surface area contributed by atoms with Gasteiger partial charge in [0.1, 0.15) is 0 Å². The van der Waals surface area contributed by atoms with E-state index in [1.165, 1.54) is 11.3 Å². The van der Waals surface area contributed by atoms with Crippen molar-refractivity contribution < 1.29 is 14.3 Å². The topological polar surface area (TPSA) is 96.4 Å². The molecule has 1 aliphatic rings. The Labute approximate surface area is 155 Å². The Morgan fingerprint density at radius 1 is 1.15 bits per heavy atom. The largest absolute Gasteiger partial charge is 0.466 e. The Hall–Kier alpha value is -2.68. The second kappa shape index (κ2) is 8.61. The second-order valence-corrected chi connectivity index (χ2v) is 6.80. The molecule has 1 saturated heterocycles. The van der Waals surface area contributed by atoms with Crippen LogP contribution in [0.25, 0.3) is 0 Å². The van der Waals surface area contributed by atoms with Gasteiger partial charge in [0.05, 0.1) is 13.0 Å². The van der Waals surface area contributed by atoms with E-state index in [0.717, 1.165) is 36.6 Å². The zero-order valence-corrected chi connectivity index (χ0v) is 15.3. The van der Waals surface area contributed by atoms with Gasteiger partial charge < -0.3 is 15.0 Å². The maximum absolute atomic E-state index is 12.1. The predicted molar refractivity (Wildman–Crippen MR) is 101 cm³/mol. The Morgan fingerprint density at radius 2 is 1.88 bits per heavy atom. The Morgan fingerprint density at radius 3 is 2.58 bits per heavy atom. The number of ether oxygens (including phenoxy) is 1. The van der Waals surface area contributed by atoms with Crippen molar-refractivity contribution in [1.29, 1.82) is 0 Å². The van der Waals surface area contributed by atoms with Crippen molar-refractivity contribution in [3.63, 3.8) is 0 Å².